The molecule has 0 aliphatic heterocycles. The molecule has 106 valence electrons. The van der Waals surface area contributed by atoms with Crippen LogP contribution >= 0.6 is 0 Å². The second-order valence-electron chi connectivity index (χ2n) is 4.86. The Morgan fingerprint density at radius 2 is 1.75 bits per heavy atom. The van der Waals surface area contributed by atoms with Crippen LogP contribution in [-0.4, -0.2) is 13.6 Å². The molecule has 1 atom stereocenters. The largest absolute Gasteiger partial charge is 0.366 e. The minimum absolute atomic E-state index is 0.199. The zero-order chi connectivity index (χ0) is 14.7. The highest BCUT2D eigenvalue weighted by atomic mass is 19.1. The molecule has 0 saturated heterocycles. The molecule has 0 bridgehead atoms. The molecule has 0 amide bonds. The Morgan fingerprint density at radius 1 is 1.10 bits per heavy atom. The number of benzene rings is 2. The van der Waals surface area contributed by atoms with Crippen LogP contribution in [0.1, 0.15) is 17.2 Å². The van der Waals surface area contributed by atoms with Gasteiger partial charge >= 0.3 is 0 Å². The molecule has 0 saturated carbocycles. The Bertz CT molecular complexity index is 582. The number of aryl methyl sites for hydroxylation is 1. The summed E-state index contributed by atoms with van der Waals surface area (Å²) in [5, 5.41) is 0. The molecule has 0 radical (unpaired) electrons. The number of hydrogen-bond donors (Lipinski definition) is 1. The summed E-state index contributed by atoms with van der Waals surface area (Å²) in [4.78, 5) is 1.86. The number of likely N-dealkylation sites (N-methyl/N-ethyl adjacent to an activating group) is 1. The first-order valence-corrected chi connectivity index (χ1v) is 6.47. The van der Waals surface area contributed by atoms with Crippen LogP contribution < -0.4 is 10.6 Å². The second-order valence-corrected chi connectivity index (χ2v) is 4.86. The van der Waals surface area contributed by atoms with Gasteiger partial charge in [-0.15, -0.1) is 0 Å². The molecule has 2 aromatic carbocycles. The second kappa shape index (κ2) is 6.01. The van der Waals surface area contributed by atoms with E-state index in [1.54, 1.807) is 0 Å². The highest BCUT2D eigenvalue weighted by Crippen LogP contribution is 2.27. The maximum atomic E-state index is 13.9. The Kier molecular flexibility index (Phi) is 4.35. The van der Waals surface area contributed by atoms with Gasteiger partial charge in [-0.1, -0.05) is 17.7 Å². The normalized spacial score (nSPS) is 12.2. The van der Waals surface area contributed by atoms with Gasteiger partial charge < -0.3 is 10.6 Å². The smallest absolute Gasteiger partial charge is 0.128 e. The number of anilines is 1. The molecule has 4 heteroatoms. The molecular weight excluding hydrogens is 258 g/mol. The van der Waals surface area contributed by atoms with Crippen LogP contribution in [0, 0.1) is 18.6 Å². The summed E-state index contributed by atoms with van der Waals surface area (Å²) < 4.78 is 27.2. The summed E-state index contributed by atoms with van der Waals surface area (Å²) in [5.41, 5.74) is 8.09. The van der Waals surface area contributed by atoms with E-state index in [0.717, 1.165) is 23.4 Å². The molecule has 1 unspecified atom stereocenters. The average Bonchev–Trinajstić information content (AvgIpc) is 2.44. The minimum atomic E-state index is -0.461. The maximum absolute atomic E-state index is 13.9. The lowest BCUT2D eigenvalue weighted by Gasteiger charge is -2.30. The molecule has 20 heavy (non-hydrogen) atoms. The van der Waals surface area contributed by atoms with Crippen molar-refractivity contribution in [1.29, 1.82) is 0 Å². The lowest BCUT2D eigenvalue weighted by molar-refractivity contribution is 0.555. The van der Waals surface area contributed by atoms with Gasteiger partial charge in [0, 0.05) is 24.8 Å². The van der Waals surface area contributed by atoms with Crippen molar-refractivity contribution in [2.24, 2.45) is 5.73 Å². The third-order valence-electron chi connectivity index (χ3n) is 3.45. The monoisotopic (exact) mass is 276 g/mol. The minimum Gasteiger partial charge on any atom is -0.366 e. The van der Waals surface area contributed by atoms with E-state index in [4.69, 9.17) is 5.73 Å². The number of nitrogens with zero attached hydrogens (tertiary/aromatic N) is 1. The van der Waals surface area contributed by atoms with Gasteiger partial charge in [-0.2, -0.15) is 0 Å². The molecular formula is C16H18F2N2. The van der Waals surface area contributed by atoms with Crippen LogP contribution in [0.25, 0.3) is 0 Å². The summed E-state index contributed by atoms with van der Waals surface area (Å²) in [6, 6.07) is 10.9. The van der Waals surface area contributed by atoms with Crippen molar-refractivity contribution < 1.29 is 8.78 Å². The SMILES string of the molecule is Cc1ccc(N(C)C(CN)c2cc(F)ccc2F)cc1. The van der Waals surface area contributed by atoms with Crippen molar-refractivity contribution in [1.82, 2.24) is 0 Å². The van der Waals surface area contributed by atoms with Crippen LogP contribution in [0.4, 0.5) is 14.5 Å². The number of hydrogen-bond acceptors (Lipinski definition) is 2. The van der Waals surface area contributed by atoms with Crippen molar-refractivity contribution >= 4 is 5.69 Å². The first-order chi connectivity index (χ1) is 9.52. The van der Waals surface area contributed by atoms with E-state index < -0.39 is 17.7 Å². The van der Waals surface area contributed by atoms with Gasteiger partial charge in [-0.05, 0) is 37.3 Å². The van der Waals surface area contributed by atoms with E-state index in [-0.39, 0.29) is 12.1 Å². The van der Waals surface area contributed by atoms with Gasteiger partial charge in [0.25, 0.3) is 0 Å². The quantitative estimate of drug-likeness (QED) is 0.927. The zero-order valence-corrected chi connectivity index (χ0v) is 11.6. The lowest BCUT2D eigenvalue weighted by atomic mass is 10.0. The molecule has 0 aromatic heterocycles. The van der Waals surface area contributed by atoms with Crippen LogP contribution in [0.3, 0.4) is 0 Å². The van der Waals surface area contributed by atoms with Crippen molar-refractivity contribution in [3.63, 3.8) is 0 Å². The van der Waals surface area contributed by atoms with Gasteiger partial charge in [0.15, 0.2) is 0 Å². The van der Waals surface area contributed by atoms with Crippen molar-refractivity contribution in [3.8, 4) is 0 Å². The van der Waals surface area contributed by atoms with Crippen molar-refractivity contribution in [2.75, 3.05) is 18.5 Å². The van der Waals surface area contributed by atoms with Crippen LogP contribution in [0.5, 0.6) is 0 Å². The molecule has 0 spiro atoms. The third-order valence-corrected chi connectivity index (χ3v) is 3.45. The molecule has 2 rings (SSSR count). The Labute approximate surface area is 117 Å². The van der Waals surface area contributed by atoms with Crippen LogP contribution in [-0.2, 0) is 0 Å². The highest BCUT2D eigenvalue weighted by Gasteiger charge is 2.20. The maximum Gasteiger partial charge on any atom is 0.128 e. The van der Waals surface area contributed by atoms with Crippen LogP contribution in [0.15, 0.2) is 42.5 Å². The number of halogens is 2. The van der Waals surface area contributed by atoms with Crippen LogP contribution in [0.2, 0.25) is 0 Å². The highest BCUT2D eigenvalue weighted by molar-refractivity contribution is 5.49. The number of rotatable bonds is 4. The van der Waals surface area contributed by atoms with E-state index in [2.05, 4.69) is 0 Å². The van der Waals surface area contributed by atoms with Crippen molar-refractivity contribution in [2.45, 2.75) is 13.0 Å². The van der Waals surface area contributed by atoms with Gasteiger partial charge in [-0.25, -0.2) is 8.78 Å². The Balaban J connectivity index is 2.36. The standard InChI is InChI=1S/C16H18F2N2/c1-11-3-6-13(7-4-11)20(2)16(10-19)14-9-12(17)5-8-15(14)18/h3-9,16H,10,19H2,1-2H3. The van der Waals surface area contributed by atoms with E-state index in [0.29, 0.717) is 0 Å². The average molecular weight is 276 g/mol. The summed E-state index contributed by atoms with van der Waals surface area (Å²) in [6.07, 6.45) is 0. The van der Waals surface area contributed by atoms with Gasteiger partial charge in [0.2, 0.25) is 0 Å². The van der Waals surface area contributed by atoms with Gasteiger partial charge in [0.05, 0.1) is 6.04 Å². The molecule has 0 heterocycles. The fraction of sp³-hybridized carbons (Fsp3) is 0.250. The zero-order valence-electron chi connectivity index (χ0n) is 11.6. The summed E-state index contributed by atoms with van der Waals surface area (Å²) >= 11 is 0. The third kappa shape index (κ3) is 2.96. The Hall–Kier alpha value is -1.94. The molecule has 0 aliphatic rings. The van der Waals surface area contributed by atoms with Gasteiger partial charge in [0.1, 0.15) is 11.6 Å². The van der Waals surface area contributed by atoms with E-state index in [1.165, 1.54) is 6.07 Å². The van der Waals surface area contributed by atoms with E-state index in [1.807, 2.05) is 43.1 Å². The lowest BCUT2D eigenvalue weighted by Crippen LogP contribution is -2.31. The Morgan fingerprint density at radius 3 is 2.35 bits per heavy atom. The fourth-order valence-electron chi connectivity index (χ4n) is 2.22. The molecule has 2 aromatic rings. The molecule has 2 nitrogen and oxygen atoms in total. The first-order valence-electron chi connectivity index (χ1n) is 6.47. The molecule has 0 fully saturated rings. The molecule has 0 aliphatic carbocycles. The van der Waals surface area contributed by atoms with Gasteiger partial charge in [-0.3, -0.25) is 0 Å². The van der Waals surface area contributed by atoms with E-state index >= 15 is 0 Å². The fourth-order valence-corrected chi connectivity index (χ4v) is 2.22. The predicted octanol–water partition coefficient (Wildman–Crippen LogP) is 3.41. The number of nitrogens with two attached hydrogens (primary N) is 1. The molecule has 2 N–H and O–H groups in total. The summed E-state index contributed by atoms with van der Waals surface area (Å²) in [5.74, 6) is -0.905. The topological polar surface area (TPSA) is 29.3 Å². The summed E-state index contributed by atoms with van der Waals surface area (Å²) in [7, 11) is 1.83. The first kappa shape index (κ1) is 14.5. The summed E-state index contributed by atoms with van der Waals surface area (Å²) in [6.45, 7) is 2.20. The predicted molar refractivity (Wildman–Crippen MR) is 77.7 cm³/mol. The van der Waals surface area contributed by atoms with E-state index in [9.17, 15) is 8.78 Å². The van der Waals surface area contributed by atoms with Crippen molar-refractivity contribution in [3.05, 3.63) is 65.2 Å².